The van der Waals surface area contributed by atoms with Gasteiger partial charge in [-0.25, -0.2) is 0 Å². The van der Waals surface area contributed by atoms with Crippen molar-refractivity contribution in [3.63, 3.8) is 0 Å². The number of anilines is 2. The number of H-pyrrole nitrogens is 1. The van der Waals surface area contributed by atoms with E-state index in [9.17, 15) is 9.59 Å². The lowest BCUT2D eigenvalue weighted by molar-refractivity contribution is -0.112. The molecule has 0 fully saturated rings. The van der Waals surface area contributed by atoms with Crippen LogP contribution in [-0.2, 0) is 9.59 Å². The molecule has 2 aromatic rings. The topological polar surface area (TPSA) is 74.0 Å². The molecule has 2 amide bonds. The first-order valence-corrected chi connectivity index (χ1v) is 7.30. The first-order valence-electron chi connectivity index (χ1n) is 6.51. The quantitative estimate of drug-likeness (QED) is 0.736. The highest BCUT2D eigenvalue weighted by Gasteiger charge is 2.24. The monoisotopic (exact) mass is 357 g/mol. The van der Waals surface area contributed by atoms with E-state index in [1.807, 2.05) is 12.1 Å². The molecule has 0 atom stereocenters. The van der Waals surface area contributed by atoms with Crippen molar-refractivity contribution in [2.45, 2.75) is 0 Å². The van der Waals surface area contributed by atoms with Crippen LogP contribution in [0.15, 0.2) is 47.6 Å². The van der Waals surface area contributed by atoms with Crippen molar-refractivity contribution in [1.29, 1.82) is 0 Å². The average Bonchev–Trinajstić information content (AvgIpc) is 3.08. The Kier molecular flexibility index (Phi) is 3.68. The van der Waals surface area contributed by atoms with E-state index in [0.717, 1.165) is 16.9 Å². The lowest BCUT2D eigenvalue weighted by Gasteiger charge is -2.06. The van der Waals surface area contributed by atoms with Gasteiger partial charge in [0.15, 0.2) is 0 Å². The predicted octanol–water partition coefficient (Wildman–Crippen LogP) is 3.35. The highest BCUT2D eigenvalue weighted by molar-refractivity contribution is 9.12. The minimum atomic E-state index is -0.327. The van der Waals surface area contributed by atoms with Crippen LogP contribution in [0.25, 0.3) is 11.6 Å². The van der Waals surface area contributed by atoms with Crippen molar-refractivity contribution in [1.82, 2.24) is 4.98 Å². The molecule has 0 spiro atoms. The molecule has 0 unspecified atom stereocenters. The van der Waals surface area contributed by atoms with Gasteiger partial charge in [0.2, 0.25) is 0 Å². The molecule has 0 radical (unpaired) electrons. The van der Waals surface area contributed by atoms with Crippen LogP contribution in [0.4, 0.5) is 11.4 Å². The van der Waals surface area contributed by atoms with Crippen molar-refractivity contribution in [3.8, 4) is 0 Å². The van der Waals surface area contributed by atoms with E-state index in [1.165, 1.54) is 0 Å². The SMILES string of the molecule is C=C(Br)C(=O)Nc1ccc2c(c1)/C(=C/c1ccc[nH]1)C(=O)N2. The van der Waals surface area contributed by atoms with Crippen LogP contribution < -0.4 is 10.6 Å². The zero-order valence-electron chi connectivity index (χ0n) is 11.4. The van der Waals surface area contributed by atoms with E-state index in [1.54, 1.807) is 30.5 Å². The molecule has 1 aliphatic rings. The van der Waals surface area contributed by atoms with Crippen molar-refractivity contribution in [2.24, 2.45) is 0 Å². The third-order valence-electron chi connectivity index (χ3n) is 3.23. The lowest BCUT2D eigenvalue weighted by Crippen LogP contribution is -2.10. The number of carbonyl (C=O) groups is 2. The molecule has 3 N–H and O–H groups in total. The number of amides is 2. The Balaban J connectivity index is 1.97. The Morgan fingerprint density at radius 1 is 1.32 bits per heavy atom. The van der Waals surface area contributed by atoms with Gasteiger partial charge in [-0.15, -0.1) is 0 Å². The normalized spacial score (nSPS) is 14.6. The number of nitrogens with one attached hydrogen (secondary N) is 3. The summed E-state index contributed by atoms with van der Waals surface area (Å²) >= 11 is 3.03. The zero-order chi connectivity index (χ0) is 15.7. The van der Waals surface area contributed by atoms with E-state index in [-0.39, 0.29) is 16.3 Å². The first kappa shape index (κ1) is 14.3. The van der Waals surface area contributed by atoms with Gasteiger partial charge in [0.1, 0.15) is 0 Å². The maximum atomic E-state index is 12.1. The molecule has 22 heavy (non-hydrogen) atoms. The van der Waals surface area contributed by atoms with Gasteiger partial charge in [-0.05, 0) is 52.3 Å². The van der Waals surface area contributed by atoms with E-state index in [2.05, 4.69) is 38.1 Å². The number of rotatable bonds is 3. The molecule has 0 saturated heterocycles. The van der Waals surface area contributed by atoms with E-state index in [4.69, 9.17) is 0 Å². The van der Waals surface area contributed by atoms with Crippen molar-refractivity contribution < 1.29 is 9.59 Å². The molecule has 1 aromatic heterocycles. The van der Waals surface area contributed by atoms with Gasteiger partial charge in [-0.2, -0.15) is 0 Å². The molecular formula is C16H12BrN3O2. The van der Waals surface area contributed by atoms with Gasteiger partial charge in [-0.3, -0.25) is 9.59 Å². The van der Waals surface area contributed by atoms with Crippen LogP contribution in [0.5, 0.6) is 0 Å². The summed E-state index contributed by atoms with van der Waals surface area (Å²) in [6.07, 6.45) is 3.56. The average molecular weight is 358 g/mol. The minimum Gasteiger partial charge on any atom is -0.362 e. The third-order valence-corrected chi connectivity index (χ3v) is 3.59. The van der Waals surface area contributed by atoms with E-state index in [0.29, 0.717) is 11.3 Å². The van der Waals surface area contributed by atoms with Gasteiger partial charge in [0.05, 0.1) is 10.1 Å². The van der Waals surface area contributed by atoms with Gasteiger partial charge in [0.25, 0.3) is 11.8 Å². The molecule has 0 saturated carbocycles. The summed E-state index contributed by atoms with van der Waals surface area (Å²) in [7, 11) is 0. The Morgan fingerprint density at radius 3 is 2.82 bits per heavy atom. The number of carbonyl (C=O) groups excluding carboxylic acids is 2. The number of benzene rings is 1. The fourth-order valence-corrected chi connectivity index (χ4v) is 2.30. The molecule has 5 nitrogen and oxygen atoms in total. The highest BCUT2D eigenvalue weighted by atomic mass is 79.9. The fourth-order valence-electron chi connectivity index (χ4n) is 2.20. The van der Waals surface area contributed by atoms with Crippen molar-refractivity contribution >= 4 is 50.8 Å². The van der Waals surface area contributed by atoms with Crippen LogP contribution in [0.1, 0.15) is 11.3 Å². The Labute approximate surface area is 135 Å². The molecule has 3 rings (SSSR count). The summed E-state index contributed by atoms with van der Waals surface area (Å²) in [5.74, 6) is -0.495. The Bertz CT molecular complexity index is 807. The van der Waals surface area contributed by atoms with Crippen molar-refractivity contribution in [3.05, 3.63) is 58.8 Å². The number of hydrogen-bond acceptors (Lipinski definition) is 2. The van der Waals surface area contributed by atoms with Gasteiger partial charge >= 0.3 is 0 Å². The largest absolute Gasteiger partial charge is 0.362 e. The second kappa shape index (κ2) is 5.65. The third kappa shape index (κ3) is 2.73. The zero-order valence-corrected chi connectivity index (χ0v) is 13.0. The molecule has 2 heterocycles. The molecular weight excluding hydrogens is 346 g/mol. The molecule has 110 valence electrons. The molecule has 0 bridgehead atoms. The number of fused-ring (bicyclic) bond motifs is 1. The summed E-state index contributed by atoms with van der Waals surface area (Å²) in [6.45, 7) is 3.52. The minimum absolute atomic E-state index is 0.169. The number of halogens is 1. The maximum Gasteiger partial charge on any atom is 0.262 e. The fraction of sp³-hybridized carbons (Fsp3) is 0. The first-order chi connectivity index (χ1) is 10.5. The number of hydrogen-bond donors (Lipinski definition) is 3. The number of aromatic nitrogens is 1. The lowest BCUT2D eigenvalue weighted by atomic mass is 10.1. The van der Waals surface area contributed by atoms with Gasteiger partial charge in [-0.1, -0.05) is 6.58 Å². The van der Waals surface area contributed by atoms with Crippen molar-refractivity contribution in [2.75, 3.05) is 10.6 Å². The second-order valence-electron chi connectivity index (χ2n) is 4.76. The summed E-state index contributed by atoms with van der Waals surface area (Å²) in [5.41, 5.74) is 3.45. The highest BCUT2D eigenvalue weighted by Crippen LogP contribution is 2.35. The van der Waals surface area contributed by atoms with Crippen LogP contribution >= 0.6 is 15.9 Å². The van der Waals surface area contributed by atoms with Crippen LogP contribution in [0.3, 0.4) is 0 Å². The summed E-state index contributed by atoms with van der Waals surface area (Å²) in [4.78, 5) is 26.8. The van der Waals surface area contributed by atoms with E-state index >= 15 is 0 Å². The Hall–Kier alpha value is -2.60. The Morgan fingerprint density at radius 2 is 2.14 bits per heavy atom. The van der Waals surface area contributed by atoms with Gasteiger partial charge in [0, 0.05) is 28.8 Å². The smallest absolute Gasteiger partial charge is 0.262 e. The maximum absolute atomic E-state index is 12.1. The van der Waals surface area contributed by atoms with Crippen LogP contribution in [0, 0.1) is 0 Å². The summed E-state index contributed by atoms with van der Waals surface area (Å²) in [5, 5.41) is 5.51. The standard InChI is InChI=1S/C16H12BrN3O2/c1-9(17)15(21)19-11-4-5-14-12(8-11)13(16(22)20-14)7-10-3-2-6-18-10/h2-8,18H,1H2,(H,19,21)(H,20,22)/b13-7-. The van der Waals surface area contributed by atoms with E-state index < -0.39 is 0 Å². The van der Waals surface area contributed by atoms with Gasteiger partial charge < -0.3 is 15.6 Å². The number of aromatic amines is 1. The predicted molar refractivity (Wildman–Crippen MR) is 90.4 cm³/mol. The van der Waals surface area contributed by atoms with Crippen LogP contribution in [0.2, 0.25) is 0 Å². The summed E-state index contributed by atoms with van der Waals surface area (Å²) in [6, 6.07) is 8.98. The molecule has 6 heteroatoms. The molecule has 1 aliphatic heterocycles. The second-order valence-corrected chi connectivity index (χ2v) is 5.71. The summed E-state index contributed by atoms with van der Waals surface area (Å²) < 4.78 is 0.240. The molecule has 0 aliphatic carbocycles. The molecule has 1 aromatic carbocycles. The van der Waals surface area contributed by atoms with Crippen LogP contribution in [-0.4, -0.2) is 16.8 Å².